The van der Waals surface area contributed by atoms with Crippen LogP contribution in [0.2, 0.25) is 0 Å². The highest BCUT2D eigenvalue weighted by molar-refractivity contribution is 5.18. The van der Waals surface area contributed by atoms with Gasteiger partial charge in [0.15, 0.2) is 0 Å². The van der Waals surface area contributed by atoms with Crippen molar-refractivity contribution in [2.24, 2.45) is 0 Å². The summed E-state index contributed by atoms with van der Waals surface area (Å²) in [6.07, 6.45) is 5.11. The average molecular weight is 149 g/mol. The Kier molecular flexibility index (Phi) is 4.33. The maximum absolute atomic E-state index is 5.11. The second kappa shape index (κ2) is 4.76. The molecule has 0 radical (unpaired) electrons. The first-order chi connectivity index (χ1) is 5.09. The molecule has 0 rings (SSSR count). The van der Waals surface area contributed by atoms with Crippen molar-refractivity contribution in [3.63, 3.8) is 0 Å². The fourth-order valence-corrected chi connectivity index (χ4v) is 0.930. The Morgan fingerprint density at radius 1 is 1.45 bits per heavy atom. The first kappa shape index (κ1) is 10.0. The molecule has 0 saturated carbocycles. The highest BCUT2D eigenvalue weighted by Crippen LogP contribution is 2.06. The van der Waals surface area contributed by atoms with Crippen LogP contribution in [-0.4, -0.2) is 12.6 Å². The minimum atomic E-state index is 0.158. The van der Waals surface area contributed by atoms with Crippen molar-refractivity contribution in [1.82, 2.24) is 5.32 Å². The summed E-state index contributed by atoms with van der Waals surface area (Å²) in [6.45, 7) is 12.2. The van der Waals surface area contributed by atoms with E-state index in [0.717, 1.165) is 11.1 Å². The van der Waals surface area contributed by atoms with Gasteiger partial charge in [0.05, 0.1) is 6.54 Å². The maximum atomic E-state index is 5.11. The molecule has 0 bridgehead atoms. The second-order valence-electron chi connectivity index (χ2n) is 2.71. The van der Waals surface area contributed by atoms with Crippen molar-refractivity contribution in [3.8, 4) is 12.3 Å². The van der Waals surface area contributed by atoms with E-state index < -0.39 is 0 Å². The van der Waals surface area contributed by atoms with Crippen molar-refractivity contribution in [2.45, 2.75) is 19.9 Å². The molecule has 0 aliphatic carbocycles. The Bertz CT molecular complexity index is 181. The fraction of sp³-hybridized carbons (Fsp3) is 0.400. The van der Waals surface area contributed by atoms with Crippen LogP contribution in [0.1, 0.15) is 13.8 Å². The Morgan fingerprint density at radius 2 is 1.91 bits per heavy atom. The van der Waals surface area contributed by atoms with E-state index in [-0.39, 0.29) is 6.04 Å². The van der Waals surface area contributed by atoms with E-state index in [2.05, 4.69) is 24.4 Å². The third kappa shape index (κ3) is 3.64. The van der Waals surface area contributed by atoms with Gasteiger partial charge in [0.1, 0.15) is 0 Å². The monoisotopic (exact) mass is 149 g/mol. The van der Waals surface area contributed by atoms with E-state index >= 15 is 0 Å². The summed E-state index contributed by atoms with van der Waals surface area (Å²) in [7, 11) is 0. The highest BCUT2D eigenvalue weighted by Gasteiger charge is 2.06. The van der Waals surface area contributed by atoms with Crippen molar-refractivity contribution in [1.29, 1.82) is 0 Å². The molecule has 0 aliphatic heterocycles. The number of hydrogen-bond donors (Lipinski definition) is 1. The minimum Gasteiger partial charge on any atom is -0.296 e. The molecule has 11 heavy (non-hydrogen) atoms. The molecule has 0 unspecified atom stereocenters. The summed E-state index contributed by atoms with van der Waals surface area (Å²) in [5, 5.41) is 3.13. The summed E-state index contributed by atoms with van der Waals surface area (Å²) in [5.41, 5.74) is 2.10. The van der Waals surface area contributed by atoms with Crippen molar-refractivity contribution >= 4 is 0 Å². The predicted octanol–water partition coefficient (Wildman–Crippen LogP) is 1.73. The maximum Gasteiger partial charge on any atom is 0.0580 e. The molecule has 0 saturated heterocycles. The van der Waals surface area contributed by atoms with E-state index in [1.165, 1.54) is 0 Å². The van der Waals surface area contributed by atoms with Crippen LogP contribution in [-0.2, 0) is 0 Å². The molecular weight excluding hydrogens is 134 g/mol. The summed E-state index contributed by atoms with van der Waals surface area (Å²) in [4.78, 5) is 0. The molecule has 0 atom stereocenters. The lowest BCUT2D eigenvalue weighted by Crippen LogP contribution is -2.30. The van der Waals surface area contributed by atoms with Crippen LogP contribution in [0.3, 0.4) is 0 Å². The van der Waals surface area contributed by atoms with Crippen LogP contribution < -0.4 is 5.32 Å². The normalized spacial score (nSPS) is 9.27. The topological polar surface area (TPSA) is 12.0 Å². The molecule has 0 spiro atoms. The zero-order valence-corrected chi connectivity index (χ0v) is 7.28. The van der Waals surface area contributed by atoms with Crippen molar-refractivity contribution in [2.75, 3.05) is 6.54 Å². The van der Waals surface area contributed by atoms with Gasteiger partial charge >= 0.3 is 0 Å². The molecular formula is C10H15N. The van der Waals surface area contributed by atoms with Crippen LogP contribution in [0.15, 0.2) is 24.3 Å². The summed E-state index contributed by atoms with van der Waals surface area (Å²) >= 11 is 0. The number of terminal acetylenes is 1. The van der Waals surface area contributed by atoms with E-state index in [4.69, 9.17) is 6.42 Å². The highest BCUT2D eigenvalue weighted by atomic mass is 14.9. The lowest BCUT2D eigenvalue weighted by molar-refractivity contribution is 0.686. The third-order valence-electron chi connectivity index (χ3n) is 1.39. The number of hydrogen-bond acceptors (Lipinski definition) is 1. The van der Waals surface area contributed by atoms with Crippen LogP contribution in [0, 0.1) is 12.3 Å². The van der Waals surface area contributed by atoms with Gasteiger partial charge in [-0.25, -0.2) is 0 Å². The second-order valence-corrected chi connectivity index (χ2v) is 2.71. The molecule has 1 N–H and O–H groups in total. The molecule has 0 aromatic rings. The molecule has 60 valence electrons. The largest absolute Gasteiger partial charge is 0.296 e. The van der Waals surface area contributed by atoms with E-state index in [9.17, 15) is 0 Å². The van der Waals surface area contributed by atoms with Crippen LogP contribution in [0.25, 0.3) is 0 Å². The van der Waals surface area contributed by atoms with Gasteiger partial charge in [0.2, 0.25) is 0 Å². The van der Waals surface area contributed by atoms with Crippen molar-refractivity contribution in [3.05, 3.63) is 24.3 Å². The smallest absolute Gasteiger partial charge is 0.0580 e. The average Bonchev–Trinajstić information content (AvgIpc) is 1.87. The third-order valence-corrected chi connectivity index (χ3v) is 1.39. The Hall–Kier alpha value is -1.00. The lowest BCUT2D eigenvalue weighted by Gasteiger charge is -2.16. The van der Waals surface area contributed by atoms with Gasteiger partial charge in [-0.1, -0.05) is 30.2 Å². The van der Waals surface area contributed by atoms with Gasteiger partial charge < -0.3 is 0 Å². The first-order valence-electron chi connectivity index (χ1n) is 3.57. The standard InChI is InChI=1S/C10H15N/c1-6-7-11-10(8(2)3)9(4)5/h1,10-11H,2,4,7H2,3,5H3. The molecule has 0 aromatic carbocycles. The van der Waals surface area contributed by atoms with Crippen LogP contribution >= 0.6 is 0 Å². The predicted molar refractivity (Wildman–Crippen MR) is 50.3 cm³/mol. The first-order valence-corrected chi connectivity index (χ1v) is 3.57. The van der Waals surface area contributed by atoms with Gasteiger partial charge in [-0.3, -0.25) is 5.32 Å². The molecule has 1 nitrogen and oxygen atoms in total. The van der Waals surface area contributed by atoms with Gasteiger partial charge in [-0.15, -0.1) is 6.42 Å². The molecule has 0 fully saturated rings. The fourth-order valence-electron chi connectivity index (χ4n) is 0.930. The molecule has 0 heterocycles. The Balaban J connectivity index is 4.03. The Morgan fingerprint density at radius 3 is 2.18 bits per heavy atom. The Labute approximate surface area is 69.2 Å². The molecule has 0 aliphatic rings. The SMILES string of the molecule is C#CCNC(C(=C)C)C(=C)C. The van der Waals surface area contributed by atoms with E-state index in [1.54, 1.807) is 0 Å². The number of nitrogens with one attached hydrogen (secondary N) is 1. The van der Waals surface area contributed by atoms with E-state index in [1.807, 2.05) is 13.8 Å². The van der Waals surface area contributed by atoms with Crippen LogP contribution in [0.5, 0.6) is 0 Å². The van der Waals surface area contributed by atoms with Crippen molar-refractivity contribution < 1.29 is 0 Å². The number of rotatable bonds is 4. The van der Waals surface area contributed by atoms with Gasteiger partial charge in [-0.2, -0.15) is 0 Å². The molecule has 0 amide bonds. The zero-order chi connectivity index (χ0) is 8.85. The van der Waals surface area contributed by atoms with E-state index in [0.29, 0.717) is 6.54 Å². The van der Waals surface area contributed by atoms with Gasteiger partial charge in [0.25, 0.3) is 0 Å². The summed E-state index contributed by atoms with van der Waals surface area (Å²) in [5.74, 6) is 2.51. The van der Waals surface area contributed by atoms with Gasteiger partial charge in [0, 0.05) is 6.04 Å². The molecule has 0 aromatic heterocycles. The quantitative estimate of drug-likeness (QED) is 0.474. The summed E-state index contributed by atoms with van der Waals surface area (Å²) in [6, 6.07) is 0.158. The van der Waals surface area contributed by atoms with Crippen LogP contribution in [0.4, 0.5) is 0 Å². The summed E-state index contributed by atoms with van der Waals surface area (Å²) < 4.78 is 0. The zero-order valence-electron chi connectivity index (χ0n) is 7.28. The lowest BCUT2D eigenvalue weighted by atomic mass is 10.0. The minimum absolute atomic E-state index is 0.158. The van der Waals surface area contributed by atoms with Gasteiger partial charge in [-0.05, 0) is 13.8 Å². The molecule has 1 heteroatoms.